The van der Waals surface area contributed by atoms with Crippen LogP contribution in [0.1, 0.15) is 32.3 Å². The fourth-order valence-electron chi connectivity index (χ4n) is 1.77. The van der Waals surface area contributed by atoms with Crippen molar-refractivity contribution in [3.63, 3.8) is 0 Å². The van der Waals surface area contributed by atoms with Crippen molar-refractivity contribution in [2.75, 3.05) is 13.7 Å². The highest BCUT2D eigenvalue weighted by Crippen LogP contribution is 2.25. The first-order chi connectivity index (χ1) is 8.21. The molecule has 0 bridgehead atoms. The summed E-state index contributed by atoms with van der Waals surface area (Å²) in [7, 11) is 1.65. The van der Waals surface area contributed by atoms with Crippen molar-refractivity contribution in [1.82, 2.24) is 0 Å². The summed E-state index contributed by atoms with van der Waals surface area (Å²) in [5.74, 6) is 2.21. The molecule has 1 aromatic carbocycles. The van der Waals surface area contributed by atoms with Gasteiger partial charge in [-0.05, 0) is 18.4 Å². The Morgan fingerprint density at radius 2 is 2.12 bits per heavy atom. The van der Waals surface area contributed by atoms with Crippen molar-refractivity contribution in [1.29, 1.82) is 0 Å². The third-order valence-electron chi connectivity index (χ3n) is 2.80. The van der Waals surface area contributed by atoms with Gasteiger partial charge in [0.15, 0.2) is 0 Å². The van der Waals surface area contributed by atoms with Gasteiger partial charge in [0.2, 0.25) is 0 Å². The van der Waals surface area contributed by atoms with Crippen molar-refractivity contribution in [3.8, 4) is 11.5 Å². The summed E-state index contributed by atoms with van der Waals surface area (Å²) in [5, 5.41) is 0. The van der Waals surface area contributed by atoms with E-state index in [4.69, 9.17) is 15.2 Å². The normalized spacial score (nSPS) is 12.2. The predicted molar refractivity (Wildman–Crippen MR) is 70.5 cm³/mol. The van der Waals surface area contributed by atoms with Gasteiger partial charge in [0.25, 0.3) is 0 Å². The summed E-state index contributed by atoms with van der Waals surface area (Å²) in [6.07, 6.45) is 2.37. The smallest absolute Gasteiger partial charge is 0.127 e. The van der Waals surface area contributed by atoms with Crippen LogP contribution in [0.15, 0.2) is 18.2 Å². The molecule has 0 aliphatic rings. The van der Waals surface area contributed by atoms with Crippen LogP contribution in [0.5, 0.6) is 11.5 Å². The quantitative estimate of drug-likeness (QED) is 0.793. The lowest BCUT2D eigenvalue weighted by molar-refractivity contribution is 0.248. The monoisotopic (exact) mass is 237 g/mol. The van der Waals surface area contributed by atoms with E-state index in [1.165, 1.54) is 12.8 Å². The fraction of sp³-hybridized carbons (Fsp3) is 0.571. The maximum atomic E-state index is 5.82. The molecule has 0 amide bonds. The van der Waals surface area contributed by atoms with Crippen LogP contribution in [0.2, 0.25) is 0 Å². The second kappa shape index (κ2) is 7.17. The lowest BCUT2D eigenvalue weighted by atomic mass is 10.1. The van der Waals surface area contributed by atoms with E-state index < -0.39 is 0 Å². The van der Waals surface area contributed by atoms with Crippen molar-refractivity contribution < 1.29 is 9.47 Å². The molecule has 0 radical (unpaired) electrons. The van der Waals surface area contributed by atoms with Crippen LogP contribution in [0.4, 0.5) is 0 Å². The van der Waals surface area contributed by atoms with E-state index >= 15 is 0 Å². The summed E-state index contributed by atoms with van der Waals surface area (Å²) in [6, 6.07) is 5.77. The standard InChI is InChI=1S/C14H23NO2/c1-4-5-11(2)10-17-14-8-13(16-3)7-6-12(14)9-15/h6-8,11H,4-5,9-10,15H2,1-3H3. The van der Waals surface area contributed by atoms with Crippen molar-refractivity contribution in [2.24, 2.45) is 11.7 Å². The molecule has 3 heteroatoms. The van der Waals surface area contributed by atoms with Crippen LogP contribution in [0.25, 0.3) is 0 Å². The van der Waals surface area contributed by atoms with Gasteiger partial charge in [-0.15, -0.1) is 0 Å². The molecule has 0 spiro atoms. The fourth-order valence-corrected chi connectivity index (χ4v) is 1.77. The molecule has 0 aliphatic heterocycles. The van der Waals surface area contributed by atoms with Crippen LogP contribution in [0, 0.1) is 5.92 Å². The highest BCUT2D eigenvalue weighted by Gasteiger charge is 2.07. The van der Waals surface area contributed by atoms with Gasteiger partial charge >= 0.3 is 0 Å². The SMILES string of the molecule is CCCC(C)COc1cc(OC)ccc1CN. The molecule has 1 aromatic rings. The number of nitrogens with two attached hydrogens (primary N) is 1. The number of ether oxygens (including phenoxy) is 2. The number of rotatable bonds is 7. The topological polar surface area (TPSA) is 44.5 Å². The number of benzene rings is 1. The molecule has 1 rings (SSSR count). The highest BCUT2D eigenvalue weighted by molar-refractivity contribution is 5.40. The van der Waals surface area contributed by atoms with Gasteiger partial charge < -0.3 is 15.2 Å². The van der Waals surface area contributed by atoms with Gasteiger partial charge in [-0.25, -0.2) is 0 Å². The average Bonchev–Trinajstić information content (AvgIpc) is 2.36. The van der Waals surface area contributed by atoms with Gasteiger partial charge in [0, 0.05) is 18.2 Å². The molecule has 1 unspecified atom stereocenters. The first kappa shape index (κ1) is 13.8. The van der Waals surface area contributed by atoms with Gasteiger partial charge in [-0.1, -0.05) is 26.3 Å². The zero-order valence-corrected chi connectivity index (χ0v) is 11.0. The van der Waals surface area contributed by atoms with Gasteiger partial charge in [0.1, 0.15) is 11.5 Å². The van der Waals surface area contributed by atoms with E-state index in [0.29, 0.717) is 12.5 Å². The molecule has 2 N–H and O–H groups in total. The zero-order valence-electron chi connectivity index (χ0n) is 11.0. The zero-order chi connectivity index (χ0) is 12.7. The molecule has 96 valence electrons. The summed E-state index contributed by atoms with van der Waals surface area (Å²) >= 11 is 0. The van der Waals surface area contributed by atoms with E-state index in [1.54, 1.807) is 7.11 Å². The Labute approximate surface area is 104 Å². The highest BCUT2D eigenvalue weighted by atomic mass is 16.5. The molecular weight excluding hydrogens is 214 g/mol. The maximum absolute atomic E-state index is 5.82. The summed E-state index contributed by atoms with van der Waals surface area (Å²) in [6.45, 7) is 5.61. The Morgan fingerprint density at radius 3 is 2.71 bits per heavy atom. The Balaban J connectivity index is 2.67. The van der Waals surface area contributed by atoms with Crippen LogP contribution < -0.4 is 15.2 Å². The minimum Gasteiger partial charge on any atom is -0.497 e. The lowest BCUT2D eigenvalue weighted by Crippen LogP contribution is -2.10. The third kappa shape index (κ3) is 4.27. The second-order valence-electron chi connectivity index (χ2n) is 4.38. The van der Waals surface area contributed by atoms with Gasteiger partial charge in [-0.3, -0.25) is 0 Å². The first-order valence-corrected chi connectivity index (χ1v) is 6.21. The molecule has 0 fully saturated rings. The van der Waals surface area contributed by atoms with E-state index in [9.17, 15) is 0 Å². The molecular formula is C14H23NO2. The molecule has 0 aromatic heterocycles. The van der Waals surface area contributed by atoms with Crippen LogP contribution in [-0.2, 0) is 6.54 Å². The van der Waals surface area contributed by atoms with Crippen molar-refractivity contribution >= 4 is 0 Å². The van der Waals surface area contributed by atoms with E-state index in [0.717, 1.165) is 23.7 Å². The Kier molecular flexibility index (Phi) is 5.84. The molecule has 1 atom stereocenters. The van der Waals surface area contributed by atoms with Gasteiger partial charge in [-0.2, -0.15) is 0 Å². The van der Waals surface area contributed by atoms with Crippen LogP contribution in [-0.4, -0.2) is 13.7 Å². The van der Waals surface area contributed by atoms with E-state index in [-0.39, 0.29) is 0 Å². The van der Waals surface area contributed by atoms with Crippen molar-refractivity contribution in [2.45, 2.75) is 33.2 Å². The van der Waals surface area contributed by atoms with Crippen LogP contribution in [0.3, 0.4) is 0 Å². The summed E-state index contributed by atoms with van der Waals surface area (Å²) in [4.78, 5) is 0. The summed E-state index contributed by atoms with van der Waals surface area (Å²) < 4.78 is 11.0. The molecule has 0 heterocycles. The predicted octanol–water partition coefficient (Wildman–Crippen LogP) is 2.97. The Morgan fingerprint density at radius 1 is 1.35 bits per heavy atom. The largest absolute Gasteiger partial charge is 0.497 e. The Bertz CT molecular complexity index is 339. The minimum absolute atomic E-state index is 0.488. The first-order valence-electron chi connectivity index (χ1n) is 6.21. The third-order valence-corrected chi connectivity index (χ3v) is 2.80. The lowest BCUT2D eigenvalue weighted by Gasteiger charge is -2.15. The Hall–Kier alpha value is -1.22. The molecule has 3 nitrogen and oxygen atoms in total. The number of methoxy groups -OCH3 is 1. The average molecular weight is 237 g/mol. The summed E-state index contributed by atoms with van der Waals surface area (Å²) in [5.41, 5.74) is 6.71. The van der Waals surface area contributed by atoms with Gasteiger partial charge in [0.05, 0.1) is 13.7 Å². The maximum Gasteiger partial charge on any atom is 0.127 e. The number of hydrogen-bond acceptors (Lipinski definition) is 3. The molecule has 0 saturated carbocycles. The van der Waals surface area contributed by atoms with E-state index in [2.05, 4.69) is 13.8 Å². The minimum atomic E-state index is 0.488. The molecule has 0 aliphatic carbocycles. The van der Waals surface area contributed by atoms with Crippen molar-refractivity contribution in [3.05, 3.63) is 23.8 Å². The number of hydrogen-bond donors (Lipinski definition) is 1. The second-order valence-corrected chi connectivity index (χ2v) is 4.38. The molecule has 17 heavy (non-hydrogen) atoms. The molecule has 0 saturated heterocycles. The van der Waals surface area contributed by atoms with E-state index in [1.807, 2.05) is 18.2 Å². The van der Waals surface area contributed by atoms with Crippen LogP contribution >= 0.6 is 0 Å².